The molecule has 2 amide bonds. The summed E-state index contributed by atoms with van der Waals surface area (Å²) < 4.78 is 11.3. The van der Waals surface area contributed by atoms with Crippen LogP contribution in [0, 0.1) is 0 Å². The van der Waals surface area contributed by atoms with Crippen molar-refractivity contribution in [2.45, 2.75) is 19.8 Å². The minimum Gasteiger partial charge on any atom is -0.497 e. The second-order valence-electron chi connectivity index (χ2n) is 6.28. The van der Waals surface area contributed by atoms with Crippen LogP contribution in [0.3, 0.4) is 0 Å². The summed E-state index contributed by atoms with van der Waals surface area (Å²) in [5, 5.41) is 0. The molecule has 0 saturated heterocycles. The Morgan fingerprint density at radius 2 is 1.82 bits per heavy atom. The fourth-order valence-corrected chi connectivity index (χ4v) is 2.74. The van der Waals surface area contributed by atoms with E-state index in [2.05, 4.69) is 40.6 Å². The Labute approximate surface area is 173 Å². The van der Waals surface area contributed by atoms with Crippen LogP contribution < -0.4 is 20.3 Å². The maximum absolute atomic E-state index is 11.8. The number of nitrogens with one attached hydrogen (secondary N) is 2. The van der Waals surface area contributed by atoms with Gasteiger partial charge >= 0.3 is 0 Å². The van der Waals surface area contributed by atoms with Crippen LogP contribution >= 0.6 is 15.9 Å². The molecule has 0 bridgehead atoms. The lowest BCUT2D eigenvalue weighted by atomic mass is 10.0. The normalized spacial score (nSPS) is 10.8. The highest BCUT2D eigenvalue weighted by Crippen LogP contribution is 2.28. The van der Waals surface area contributed by atoms with E-state index in [0.29, 0.717) is 11.7 Å². The first-order valence-electron chi connectivity index (χ1n) is 8.72. The maximum Gasteiger partial charge on any atom is 0.276 e. The van der Waals surface area contributed by atoms with E-state index in [1.165, 1.54) is 11.6 Å². The SMILES string of the molecule is COc1ccc(C=CC(=O)NNC(=O)COc2ccc(C(C)C)cc2Br)cc1. The number of carbonyl (C=O) groups is 2. The Kier molecular flexibility index (Phi) is 8.07. The first kappa shape index (κ1) is 21.5. The van der Waals surface area contributed by atoms with Crippen LogP contribution in [0.4, 0.5) is 0 Å². The van der Waals surface area contributed by atoms with Crippen LogP contribution in [0.25, 0.3) is 6.08 Å². The van der Waals surface area contributed by atoms with Crippen molar-refractivity contribution in [3.63, 3.8) is 0 Å². The monoisotopic (exact) mass is 446 g/mol. The Balaban J connectivity index is 1.77. The molecule has 0 aliphatic carbocycles. The molecule has 0 fully saturated rings. The summed E-state index contributed by atoms with van der Waals surface area (Å²) in [5.41, 5.74) is 6.61. The van der Waals surface area contributed by atoms with Gasteiger partial charge in [0.05, 0.1) is 11.6 Å². The van der Waals surface area contributed by atoms with Gasteiger partial charge in [0.25, 0.3) is 11.8 Å². The predicted octanol–water partition coefficient (Wildman–Crippen LogP) is 3.82. The van der Waals surface area contributed by atoms with Gasteiger partial charge in [0, 0.05) is 6.08 Å². The number of hydrogen-bond acceptors (Lipinski definition) is 4. The van der Waals surface area contributed by atoms with Crippen LogP contribution in [0.1, 0.15) is 30.9 Å². The standard InChI is InChI=1S/C21H23BrN2O4/c1-14(2)16-7-10-19(18(22)12-16)28-13-21(26)24-23-20(25)11-6-15-4-8-17(27-3)9-5-15/h4-12,14H,13H2,1-3H3,(H,23,25)(H,24,26). The maximum atomic E-state index is 11.8. The molecule has 2 aromatic carbocycles. The van der Waals surface area contributed by atoms with Crippen molar-refractivity contribution in [2.24, 2.45) is 0 Å². The van der Waals surface area contributed by atoms with Gasteiger partial charge in [-0.2, -0.15) is 0 Å². The van der Waals surface area contributed by atoms with Crippen molar-refractivity contribution < 1.29 is 19.1 Å². The quantitative estimate of drug-likeness (QED) is 0.500. The second-order valence-corrected chi connectivity index (χ2v) is 7.13. The van der Waals surface area contributed by atoms with Crippen LogP contribution in [0.5, 0.6) is 11.5 Å². The van der Waals surface area contributed by atoms with Crippen LogP contribution in [0.15, 0.2) is 53.0 Å². The lowest BCUT2D eigenvalue weighted by Gasteiger charge is -2.11. The van der Waals surface area contributed by atoms with Gasteiger partial charge in [-0.3, -0.25) is 20.4 Å². The largest absolute Gasteiger partial charge is 0.497 e. The van der Waals surface area contributed by atoms with Crippen molar-refractivity contribution in [2.75, 3.05) is 13.7 Å². The van der Waals surface area contributed by atoms with E-state index in [9.17, 15) is 9.59 Å². The van der Waals surface area contributed by atoms with Gasteiger partial charge in [-0.1, -0.05) is 32.0 Å². The molecule has 0 aliphatic rings. The lowest BCUT2D eigenvalue weighted by molar-refractivity contribution is -0.128. The molecule has 2 N–H and O–H groups in total. The van der Waals surface area contributed by atoms with Crippen molar-refractivity contribution in [3.8, 4) is 11.5 Å². The van der Waals surface area contributed by atoms with Gasteiger partial charge in [0.1, 0.15) is 11.5 Å². The zero-order valence-electron chi connectivity index (χ0n) is 16.0. The fraction of sp³-hybridized carbons (Fsp3) is 0.238. The Morgan fingerprint density at radius 3 is 2.43 bits per heavy atom. The molecule has 2 rings (SSSR count). The van der Waals surface area contributed by atoms with Gasteiger partial charge in [-0.15, -0.1) is 0 Å². The molecular formula is C21H23BrN2O4. The number of benzene rings is 2. The predicted molar refractivity (Wildman–Crippen MR) is 112 cm³/mol. The number of hydrazine groups is 1. The third-order valence-electron chi connectivity index (χ3n) is 3.85. The van der Waals surface area contributed by atoms with E-state index in [-0.39, 0.29) is 6.61 Å². The minimum atomic E-state index is -0.467. The van der Waals surface area contributed by atoms with E-state index in [4.69, 9.17) is 9.47 Å². The molecule has 0 heterocycles. The number of rotatable bonds is 7. The van der Waals surface area contributed by atoms with E-state index >= 15 is 0 Å². The van der Waals surface area contributed by atoms with E-state index in [1.807, 2.05) is 30.3 Å². The first-order valence-corrected chi connectivity index (χ1v) is 9.51. The zero-order valence-corrected chi connectivity index (χ0v) is 17.6. The molecule has 0 atom stereocenters. The Bertz CT molecular complexity index is 848. The molecule has 0 spiro atoms. The molecule has 7 heteroatoms. The third-order valence-corrected chi connectivity index (χ3v) is 4.47. The number of methoxy groups -OCH3 is 1. The van der Waals surface area contributed by atoms with Crippen molar-refractivity contribution in [1.29, 1.82) is 0 Å². The second kappa shape index (κ2) is 10.5. The van der Waals surface area contributed by atoms with Crippen LogP contribution in [-0.2, 0) is 9.59 Å². The smallest absolute Gasteiger partial charge is 0.276 e. The number of ether oxygens (including phenoxy) is 2. The third kappa shape index (κ3) is 6.74. The topological polar surface area (TPSA) is 76.7 Å². The Hall–Kier alpha value is -2.80. The van der Waals surface area contributed by atoms with E-state index in [0.717, 1.165) is 15.8 Å². The molecule has 0 aromatic heterocycles. The van der Waals surface area contributed by atoms with E-state index < -0.39 is 11.8 Å². The molecule has 2 aromatic rings. The molecule has 0 unspecified atom stereocenters. The fourth-order valence-electron chi connectivity index (χ4n) is 2.23. The number of hydrogen-bond donors (Lipinski definition) is 2. The Morgan fingerprint density at radius 1 is 1.11 bits per heavy atom. The van der Waals surface area contributed by atoms with Gasteiger partial charge in [0.2, 0.25) is 0 Å². The molecule has 0 radical (unpaired) electrons. The average Bonchev–Trinajstić information content (AvgIpc) is 2.70. The average molecular weight is 447 g/mol. The van der Waals surface area contributed by atoms with Crippen LogP contribution in [-0.4, -0.2) is 25.5 Å². The summed E-state index contributed by atoms with van der Waals surface area (Å²) in [7, 11) is 1.59. The molecule has 28 heavy (non-hydrogen) atoms. The van der Waals surface area contributed by atoms with Crippen molar-refractivity contribution >= 4 is 33.8 Å². The number of halogens is 1. The van der Waals surface area contributed by atoms with Crippen LogP contribution in [0.2, 0.25) is 0 Å². The highest BCUT2D eigenvalue weighted by molar-refractivity contribution is 9.10. The van der Waals surface area contributed by atoms with Gasteiger partial charge < -0.3 is 9.47 Å². The number of amides is 2. The number of carbonyl (C=O) groups excluding carboxylic acids is 2. The summed E-state index contributed by atoms with van der Waals surface area (Å²) in [6.45, 7) is 3.98. The summed E-state index contributed by atoms with van der Waals surface area (Å²) in [4.78, 5) is 23.6. The summed E-state index contributed by atoms with van der Waals surface area (Å²) in [6.07, 6.45) is 2.95. The van der Waals surface area contributed by atoms with Crippen molar-refractivity contribution in [3.05, 3.63) is 64.1 Å². The molecule has 148 valence electrons. The minimum absolute atomic E-state index is 0.220. The molecule has 0 aliphatic heterocycles. The van der Waals surface area contributed by atoms with Gasteiger partial charge in [-0.05, 0) is 63.3 Å². The zero-order chi connectivity index (χ0) is 20.5. The summed E-state index contributed by atoms with van der Waals surface area (Å²) in [5.74, 6) is 0.775. The summed E-state index contributed by atoms with van der Waals surface area (Å²) in [6, 6.07) is 12.9. The van der Waals surface area contributed by atoms with E-state index in [1.54, 1.807) is 25.3 Å². The lowest BCUT2D eigenvalue weighted by Crippen LogP contribution is -2.43. The highest BCUT2D eigenvalue weighted by atomic mass is 79.9. The highest BCUT2D eigenvalue weighted by Gasteiger charge is 2.08. The van der Waals surface area contributed by atoms with Gasteiger partial charge in [0.15, 0.2) is 6.61 Å². The first-order chi connectivity index (χ1) is 13.4. The van der Waals surface area contributed by atoms with Crippen molar-refractivity contribution in [1.82, 2.24) is 10.9 Å². The van der Waals surface area contributed by atoms with Gasteiger partial charge in [-0.25, -0.2) is 0 Å². The molecule has 6 nitrogen and oxygen atoms in total. The molecule has 0 saturated carbocycles. The summed E-state index contributed by atoms with van der Waals surface area (Å²) >= 11 is 3.44. The molecular weight excluding hydrogens is 424 g/mol.